The Bertz CT molecular complexity index is 706. The van der Waals surface area contributed by atoms with E-state index >= 15 is 0 Å². The molecule has 2 rings (SSSR count). The molecule has 0 bridgehead atoms. The van der Waals surface area contributed by atoms with Crippen molar-refractivity contribution in [2.45, 2.75) is 25.7 Å². The number of hydrogen-bond acceptors (Lipinski definition) is 4. The van der Waals surface area contributed by atoms with Crippen molar-refractivity contribution < 1.29 is 19.1 Å². The van der Waals surface area contributed by atoms with E-state index in [1.165, 1.54) is 0 Å². The summed E-state index contributed by atoms with van der Waals surface area (Å²) in [4.78, 5) is 22.9. The molecular weight excluding hydrogens is 304 g/mol. The molecule has 0 atom stereocenters. The van der Waals surface area contributed by atoms with Gasteiger partial charge in [-0.1, -0.05) is 36.9 Å². The molecule has 0 amide bonds. The van der Waals surface area contributed by atoms with Crippen LogP contribution in [0, 0.1) is 0 Å². The minimum atomic E-state index is -0.390. The van der Waals surface area contributed by atoms with Gasteiger partial charge < -0.3 is 9.47 Å². The fourth-order valence-corrected chi connectivity index (χ4v) is 2.35. The van der Waals surface area contributed by atoms with Gasteiger partial charge in [-0.3, -0.25) is 0 Å². The lowest BCUT2D eigenvalue weighted by Gasteiger charge is -2.06. The quantitative estimate of drug-likeness (QED) is 0.392. The highest BCUT2D eigenvalue weighted by Gasteiger charge is 2.07. The third kappa shape index (κ3) is 5.54. The topological polar surface area (TPSA) is 52.6 Å². The number of carbonyl (C=O) groups excluding carboxylic acids is 2. The number of benzene rings is 2. The van der Waals surface area contributed by atoms with Crippen LogP contribution in [0.1, 0.15) is 36.0 Å². The van der Waals surface area contributed by atoms with Crippen molar-refractivity contribution in [3.8, 4) is 0 Å². The molecule has 0 fully saturated rings. The Hall–Kier alpha value is -2.62. The molecular formula is C20H22O4. The van der Waals surface area contributed by atoms with E-state index in [9.17, 15) is 9.59 Å². The minimum absolute atomic E-state index is 0.291. The van der Waals surface area contributed by atoms with Crippen molar-refractivity contribution in [2.75, 3.05) is 13.2 Å². The van der Waals surface area contributed by atoms with Crippen molar-refractivity contribution in [1.82, 2.24) is 0 Å². The summed E-state index contributed by atoms with van der Waals surface area (Å²) in [7, 11) is 0. The van der Waals surface area contributed by atoms with Crippen molar-refractivity contribution in [3.63, 3.8) is 0 Å². The van der Waals surface area contributed by atoms with Crippen LogP contribution in [-0.4, -0.2) is 25.2 Å². The molecule has 24 heavy (non-hydrogen) atoms. The molecule has 4 heteroatoms. The number of fused-ring (bicyclic) bond motifs is 1. The second-order valence-electron chi connectivity index (χ2n) is 5.48. The third-order valence-electron chi connectivity index (χ3n) is 3.67. The van der Waals surface area contributed by atoms with Crippen LogP contribution >= 0.6 is 0 Å². The van der Waals surface area contributed by atoms with Crippen molar-refractivity contribution in [1.29, 1.82) is 0 Å². The van der Waals surface area contributed by atoms with Crippen LogP contribution in [0.4, 0.5) is 0 Å². The summed E-state index contributed by atoms with van der Waals surface area (Å²) >= 11 is 0. The summed E-state index contributed by atoms with van der Waals surface area (Å²) in [6, 6.07) is 13.5. The van der Waals surface area contributed by atoms with Gasteiger partial charge in [-0.25, -0.2) is 9.59 Å². The number of rotatable bonds is 9. The van der Waals surface area contributed by atoms with Crippen LogP contribution in [0.15, 0.2) is 55.1 Å². The van der Waals surface area contributed by atoms with Gasteiger partial charge in [0, 0.05) is 6.08 Å². The summed E-state index contributed by atoms with van der Waals surface area (Å²) in [6.07, 6.45) is 4.62. The first-order valence-corrected chi connectivity index (χ1v) is 8.16. The fraction of sp³-hybridized carbons (Fsp3) is 0.300. The predicted octanol–water partition coefficient (Wildman–Crippen LogP) is 4.29. The number of carbonyl (C=O) groups is 2. The van der Waals surface area contributed by atoms with Gasteiger partial charge in [0.2, 0.25) is 0 Å². The van der Waals surface area contributed by atoms with Gasteiger partial charge in [0.25, 0.3) is 0 Å². The van der Waals surface area contributed by atoms with E-state index in [0.717, 1.165) is 42.5 Å². The molecule has 0 saturated heterocycles. The van der Waals surface area contributed by atoms with Crippen LogP contribution in [0.3, 0.4) is 0 Å². The molecule has 0 aromatic heterocycles. The molecule has 0 radical (unpaired) electrons. The molecule has 0 aliphatic carbocycles. The average Bonchev–Trinajstić information content (AvgIpc) is 2.62. The lowest BCUT2D eigenvalue weighted by Crippen LogP contribution is -2.06. The van der Waals surface area contributed by atoms with Crippen molar-refractivity contribution in [3.05, 3.63) is 60.7 Å². The fourth-order valence-electron chi connectivity index (χ4n) is 2.35. The Kier molecular flexibility index (Phi) is 7.02. The number of esters is 2. The van der Waals surface area contributed by atoms with Crippen LogP contribution in [0.25, 0.3) is 10.8 Å². The second-order valence-corrected chi connectivity index (χ2v) is 5.48. The average molecular weight is 326 g/mol. The largest absolute Gasteiger partial charge is 0.463 e. The highest BCUT2D eigenvalue weighted by atomic mass is 16.5. The zero-order chi connectivity index (χ0) is 17.2. The number of hydrogen-bond donors (Lipinski definition) is 0. The highest BCUT2D eigenvalue weighted by molar-refractivity contribution is 5.95. The van der Waals surface area contributed by atoms with Crippen LogP contribution < -0.4 is 0 Å². The van der Waals surface area contributed by atoms with E-state index in [2.05, 4.69) is 6.58 Å². The number of ether oxygens (including phenoxy) is 2. The van der Waals surface area contributed by atoms with Gasteiger partial charge in [-0.2, -0.15) is 0 Å². The Morgan fingerprint density at radius 2 is 1.54 bits per heavy atom. The Morgan fingerprint density at radius 1 is 0.875 bits per heavy atom. The van der Waals surface area contributed by atoms with E-state index < -0.39 is 0 Å². The molecule has 4 nitrogen and oxygen atoms in total. The molecule has 0 unspecified atom stereocenters. The summed E-state index contributed by atoms with van der Waals surface area (Å²) in [5.41, 5.74) is 0.574. The SMILES string of the molecule is C=CC(=O)OCCCCCCOC(=O)c1ccc2ccccc2c1. The van der Waals surface area contributed by atoms with Crippen molar-refractivity contribution >= 4 is 22.7 Å². The zero-order valence-corrected chi connectivity index (χ0v) is 13.7. The lowest BCUT2D eigenvalue weighted by molar-refractivity contribution is -0.137. The van der Waals surface area contributed by atoms with E-state index in [-0.39, 0.29) is 11.9 Å². The van der Waals surface area contributed by atoms with E-state index in [4.69, 9.17) is 9.47 Å². The third-order valence-corrected chi connectivity index (χ3v) is 3.67. The Labute approximate surface area is 142 Å². The second kappa shape index (κ2) is 9.50. The minimum Gasteiger partial charge on any atom is -0.463 e. The van der Waals surface area contributed by atoms with Crippen LogP contribution in [0.2, 0.25) is 0 Å². The van der Waals surface area contributed by atoms with Gasteiger partial charge in [0.05, 0.1) is 18.8 Å². The zero-order valence-electron chi connectivity index (χ0n) is 13.7. The molecule has 0 saturated carbocycles. The van der Waals surface area contributed by atoms with Crippen molar-refractivity contribution in [2.24, 2.45) is 0 Å². The van der Waals surface area contributed by atoms with Crippen LogP contribution in [0.5, 0.6) is 0 Å². The molecule has 126 valence electrons. The molecule has 0 heterocycles. The van der Waals surface area contributed by atoms with Gasteiger partial charge in [0.1, 0.15) is 0 Å². The summed E-state index contributed by atoms with van der Waals surface area (Å²) in [5, 5.41) is 2.13. The Balaban J connectivity index is 1.64. The van der Waals surface area contributed by atoms with Gasteiger partial charge in [-0.15, -0.1) is 0 Å². The first-order chi connectivity index (χ1) is 11.7. The Morgan fingerprint density at radius 3 is 2.25 bits per heavy atom. The van der Waals surface area contributed by atoms with Gasteiger partial charge in [0.15, 0.2) is 0 Å². The monoisotopic (exact) mass is 326 g/mol. The maximum Gasteiger partial charge on any atom is 0.338 e. The van der Waals surface area contributed by atoms with Gasteiger partial charge in [-0.05, 0) is 48.6 Å². The molecule has 0 N–H and O–H groups in total. The van der Waals surface area contributed by atoms with E-state index in [1.54, 1.807) is 6.07 Å². The maximum atomic E-state index is 12.0. The summed E-state index contributed by atoms with van der Waals surface area (Å²) in [5.74, 6) is -0.681. The first kappa shape index (κ1) is 17.7. The standard InChI is InChI=1S/C20H22O4/c1-2-19(21)23-13-7-3-4-8-14-24-20(22)18-12-11-16-9-5-6-10-17(16)15-18/h2,5-6,9-12,15H,1,3-4,7-8,13-14H2. The highest BCUT2D eigenvalue weighted by Crippen LogP contribution is 2.16. The first-order valence-electron chi connectivity index (χ1n) is 8.16. The number of unbranched alkanes of at least 4 members (excludes halogenated alkanes) is 3. The normalized spacial score (nSPS) is 10.3. The van der Waals surface area contributed by atoms with Crippen LogP contribution in [-0.2, 0) is 14.3 Å². The molecule has 2 aromatic carbocycles. The van der Waals surface area contributed by atoms with E-state index in [1.807, 2.05) is 36.4 Å². The van der Waals surface area contributed by atoms with E-state index in [0.29, 0.717) is 18.8 Å². The molecule has 0 aliphatic rings. The summed E-state index contributed by atoms with van der Waals surface area (Å²) < 4.78 is 10.2. The smallest absolute Gasteiger partial charge is 0.338 e. The molecule has 2 aromatic rings. The molecule has 0 aliphatic heterocycles. The lowest BCUT2D eigenvalue weighted by atomic mass is 10.1. The maximum absolute atomic E-state index is 12.0. The van der Waals surface area contributed by atoms with Gasteiger partial charge >= 0.3 is 11.9 Å². The summed E-state index contributed by atoms with van der Waals surface area (Å²) in [6.45, 7) is 4.14. The molecule has 0 spiro atoms. The predicted molar refractivity (Wildman–Crippen MR) is 93.9 cm³/mol.